The molecule has 1 N–H and O–H groups in total. The molecule has 35 heavy (non-hydrogen) atoms. The minimum Gasteiger partial charge on any atom is -0.491 e. The first-order valence-electron chi connectivity index (χ1n) is 11.5. The van der Waals surface area contributed by atoms with Gasteiger partial charge in [0.1, 0.15) is 18.9 Å². The van der Waals surface area contributed by atoms with Gasteiger partial charge in [-0.25, -0.2) is 4.79 Å². The lowest BCUT2D eigenvalue weighted by Gasteiger charge is -2.37. The van der Waals surface area contributed by atoms with Gasteiger partial charge in [-0.05, 0) is 72.3 Å². The number of rotatable bonds is 8. The van der Waals surface area contributed by atoms with E-state index in [9.17, 15) is 9.59 Å². The molecule has 3 amide bonds. The Morgan fingerprint density at radius 1 is 1.14 bits per heavy atom. The fourth-order valence-corrected chi connectivity index (χ4v) is 5.37. The van der Waals surface area contributed by atoms with Gasteiger partial charge in [0.25, 0.3) is 0 Å². The number of fused-ring (bicyclic) bond motifs is 1. The summed E-state index contributed by atoms with van der Waals surface area (Å²) in [6.07, 6.45) is 1.52. The van der Waals surface area contributed by atoms with Crippen LogP contribution >= 0.6 is 34.5 Å². The molecule has 3 aromatic rings. The van der Waals surface area contributed by atoms with Crippen molar-refractivity contribution in [3.63, 3.8) is 0 Å². The Bertz CT molecular complexity index is 1170. The van der Waals surface area contributed by atoms with Crippen molar-refractivity contribution in [1.29, 1.82) is 0 Å². The summed E-state index contributed by atoms with van der Waals surface area (Å²) in [6.45, 7) is 3.32. The number of benzene rings is 2. The molecule has 1 aliphatic heterocycles. The summed E-state index contributed by atoms with van der Waals surface area (Å²) in [7, 11) is 0. The van der Waals surface area contributed by atoms with Crippen LogP contribution in [0, 0.1) is 0 Å². The maximum atomic E-state index is 13.5. The molecular formula is C26H27Cl2N3O3S. The normalized spacial score (nSPS) is 14.8. The van der Waals surface area contributed by atoms with E-state index in [-0.39, 0.29) is 24.5 Å². The summed E-state index contributed by atoms with van der Waals surface area (Å²) in [5.41, 5.74) is 1.69. The van der Waals surface area contributed by atoms with Gasteiger partial charge in [0, 0.05) is 33.7 Å². The number of nitrogens with one attached hydrogen (secondary N) is 1. The first-order valence-corrected chi connectivity index (χ1v) is 13.1. The minimum absolute atomic E-state index is 0.0167. The van der Waals surface area contributed by atoms with Crippen molar-refractivity contribution in [2.75, 3.05) is 31.6 Å². The SMILES string of the molecule is CCCN(CC(=O)N1CCc2sccc2[C@H]1COc1ccc(Cl)cc1)C(=O)Nc1cccc(Cl)c1. The Hall–Kier alpha value is -2.74. The lowest BCUT2D eigenvalue weighted by Crippen LogP contribution is -2.48. The van der Waals surface area contributed by atoms with Gasteiger partial charge >= 0.3 is 6.03 Å². The predicted molar refractivity (Wildman–Crippen MR) is 142 cm³/mol. The van der Waals surface area contributed by atoms with Crippen LogP contribution in [0.5, 0.6) is 5.75 Å². The van der Waals surface area contributed by atoms with Crippen molar-refractivity contribution >= 4 is 52.2 Å². The molecule has 9 heteroatoms. The van der Waals surface area contributed by atoms with E-state index in [0.29, 0.717) is 41.2 Å². The topological polar surface area (TPSA) is 61.9 Å². The molecule has 0 aliphatic carbocycles. The minimum atomic E-state index is -0.329. The first-order chi connectivity index (χ1) is 16.9. The quantitative estimate of drug-likeness (QED) is 0.360. The van der Waals surface area contributed by atoms with Gasteiger partial charge in [-0.3, -0.25) is 4.79 Å². The second kappa shape index (κ2) is 11.8. The summed E-state index contributed by atoms with van der Waals surface area (Å²) >= 11 is 13.7. The monoisotopic (exact) mass is 531 g/mol. The summed E-state index contributed by atoms with van der Waals surface area (Å²) in [4.78, 5) is 31.1. The Kier molecular flexibility index (Phi) is 8.55. The zero-order valence-corrected chi connectivity index (χ0v) is 21.7. The van der Waals surface area contributed by atoms with E-state index in [1.807, 2.05) is 24.0 Å². The fraction of sp³-hybridized carbons (Fsp3) is 0.308. The highest BCUT2D eigenvalue weighted by Crippen LogP contribution is 2.34. The number of urea groups is 1. The van der Waals surface area contributed by atoms with Crippen LogP contribution in [0.4, 0.5) is 10.5 Å². The van der Waals surface area contributed by atoms with E-state index >= 15 is 0 Å². The summed E-state index contributed by atoms with van der Waals surface area (Å²) in [5.74, 6) is 0.582. The number of hydrogen-bond acceptors (Lipinski definition) is 4. The molecule has 1 atom stereocenters. The Morgan fingerprint density at radius 2 is 1.94 bits per heavy atom. The largest absolute Gasteiger partial charge is 0.491 e. The van der Waals surface area contributed by atoms with Crippen molar-refractivity contribution in [3.8, 4) is 5.75 Å². The fourth-order valence-electron chi connectivity index (χ4n) is 4.13. The van der Waals surface area contributed by atoms with Crippen molar-refractivity contribution in [2.24, 2.45) is 0 Å². The smallest absolute Gasteiger partial charge is 0.322 e. The number of carbonyl (C=O) groups is 2. The van der Waals surface area contributed by atoms with Crippen LogP contribution in [-0.4, -0.2) is 48.0 Å². The molecule has 6 nitrogen and oxygen atoms in total. The van der Waals surface area contributed by atoms with Crippen molar-refractivity contribution in [1.82, 2.24) is 9.80 Å². The molecule has 2 aromatic carbocycles. The maximum absolute atomic E-state index is 13.5. The number of hydrogen-bond donors (Lipinski definition) is 1. The molecule has 2 heterocycles. The zero-order valence-electron chi connectivity index (χ0n) is 19.4. The highest BCUT2D eigenvalue weighted by atomic mass is 35.5. The van der Waals surface area contributed by atoms with Gasteiger partial charge in [-0.1, -0.05) is 36.2 Å². The summed E-state index contributed by atoms with van der Waals surface area (Å²) in [5, 5.41) is 6.07. The molecule has 0 saturated carbocycles. The predicted octanol–water partition coefficient (Wildman–Crippen LogP) is 6.50. The lowest BCUT2D eigenvalue weighted by atomic mass is 10.0. The molecular weight excluding hydrogens is 505 g/mol. The van der Waals surface area contributed by atoms with Crippen molar-refractivity contribution in [3.05, 3.63) is 80.5 Å². The van der Waals surface area contributed by atoms with Gasteiger partial charge in [-0.15, -0.1) is 11.3 Å². The van der Waals surface area contributed by atoms with Gasteiger partial charge in [0.15, 0.2) is 0 Å². The van der Waals surface area contributed by atoms with E-state index in [1.165, 1.54) is 4.88 Å². The van der Waals surface area contributed by atoms with E-state index in [2.05, 4.69) is 16.8 Å². The molecule has 0 fully saturated rings. The second-order valence-corrected chi connectivity index (χ2v) is 10.2. The van der Waals surface area contributed by atoms with Crippen molar-refractivity contribution < 1.29 is 14.3 Å². The average molecular weight is 532 g/mol. The molecule has 184 valence electrons. The van der Waals surface area contributed by atoms with Crippen molar-refractivity contribution in [2.45, 2.75) is 25.8 Å². The molecule has 0 bridgehead atoms. The van der Waals surface area contributed by atoms with E-state index in [4.69, 9.17) is 27.9 Å². The van der Waals surface area contributed by atoms with Crippen LogP contribution in [0.15, 0.2) is 60.0 Å². The number of anilines is 1. The third-order valence-corrected chi connectivity index (χ3v) is 7.30. The Balaban J connectivity index is 1.47. The second-order valence-electron chi connectivity index (χ2n) is 8.28. The first kappa shape index (κ1) is 25.4. The number of halogens is 2. The van der Waals surface area contributed by atoms with Gasteiger partial charge in [-0.2, -0.15) is 0 Å². The van der Waals surface area contributed by atoms with Crippen LogP contribution in [0.25, 0.3) is 0 Å². The third-order valence-electron chi connectivity index (χ3n) is 5.82. The Labute approximate surface area is 219 Å². The van der Waals surface area contributed by atoms with Crippen LogP contribution < -0.4 is 10.1 Å². The summed E-state index contributed by atoms with van der Waals surface area (Å²) in [6, 6.07) is 15.6. The standard InChI is InChI=1S/C26H27Cl2N3O3S/c1-2-12-30(26(33)29-20-5-3-4-19(28)15-20)16-25(32)31-13-10-24-22(11-14-35-24)23(31)17-34-21-8-6-18(27)7-9-21/h3-9,11,14-15,23H,2,10,12-13,16-17H2,1H3,(H,29,33)/t23-/m1/s1. The van der Waals surface area contributed by atoms with E-state index in [1.54, 1.807) is 52.6 Å². The molecule has 0 saturated heterocycles. The summed E-state index contributed by atoms with van der Waals surface area (Å²) < 4.78 is 6.04. The van der Waals surface area contributed by atoms with Gasteiger partial charge in [0.05, 0.1) is 6.04 Å². The van der Waals surface area contributed by atoms with Crippen LogP contribution in [0.1, 0.15) is 29.8 Å². The third kappa shape index (κ3) is 6.48. The molecule has 1 aromatic heterocycles. The van der Waals surface area contributed by atoms with Crippen LogP contribution in [-0.2, 0) is 11.2 Å². The average Bonchev–Trinajstić information content (AvgIpc) is 3.32. The highest BCUT2D eigenvalue weighted by molar-refractivity contribution is 7.10. The van der Waals surface area contributed by atoms with E-state index in [0.717, 1.165) is 18.4 Å². The molecule has 0 unspecified atom stereocenters. The highest BCUT2D eigenvalue weighted by Gasteiger charge is 2.33. The van der Waals surface area contributed by atoms with Gasteiger partial charge in [0.2, 0.25) is 5.91 Å². The number of nitrogens with zero attached hydrogens (tertiary/aromatic N) is 2. The number of thiophene rings is 1. The number of amides is 3. The van der Waals surface area contributed by atoms with E-state index < -0.39 is 0 Å². The number of carbonyl (C=O) groups excluding carboxylic acids is 2. The molecule has 0 spiro atoms. The lowest BCUT2D eigenvalue weighted by molar-refractivity contribution is -0.135. The number of ether oxygens (including phenoxy) is 1. The van der Waals surface area contributed by atoms with Crippen LogP contribution in [0.3, 0.4) is 0 Å². The molecule has 4 rings (SSSR count). The Morgan fingerprint density at radius 3 is 2.69 bits per heavy atom. The maximum Gasteiger partial charge on any atom is 0.322 e. The zero-order chi connectivity index (χ0) is 24.8. The van der Waals surface area contributed by atoms with Gasteiger partial charge < -0.3 is 19.9 Å². The van der Waals surface area contributed by atoms with Crippen LogP contribution in [0.2, 0.25) is 10.0 Å². The molecule has 1 aliphatic rings. The molecule has 0 radical (unpaired) electrons.